The maximum absolute atomic E-state index is 13.0. The van der Waals surface area contributed by atoms with Gasteiger partial charge in [0.2, 0.25) is 0 Å². The van der Waals surface area contributed by atoms with Crippen molar-refractivity contribution in [3.8, 4) is 0 Å². The van der Waals surface area contributed by atoms with Crippen LogP contribution >= 0.6 is 18.0 Å². The highest BCUT2D eigenvalue weighted by atomic mass is 32.7. The molecule has 0 aromatic heterocycles. The third kappa shape index (κ3) is 2.63. The van der Waals surface area contributed by atoms with Gasteiger partial charge in [-0.25, -0.2) is 9.34 Å². The second-order valence-electron chi connectivity index (χ2n) is 3.81. The fourth-order valence-electron chi connectivity index (χ4n) is 2.02. The molecule has 0 saturated carbocycles. The zero-order valence-corrected chi connectivity index (χ0v) is 11.3. The fraction of sp³-hybridized carbons (Fsp3) is 1.00. The minimum atomic E-state index is -2.43. The van der Waals surface area contributed by atoms with Crippen molar-refractivity contribution in [3.63, 3.8) is 0 Å². The molecule has 0 aromatic rings. The third-order valence-corrected chi connectivity index (χ3v) is 8.45. The van der Waals surface area contributed by atoms with Crippen LogP contribution in [0.5, 0.6) is 0 Å². The number of hydrogen-bond donors (Lipinski definition) is 0. The molecule has 0 unspecified atom stereocenters. The Morgan fingerprint density at radius 2 is 1.31 bits per heavy atom. The van der Waals surface area contributed by atoms with E-state index < -0.39 is 6.65 Å². The van der Waals surface area contributed by atoms with Gasteiger partial charge in [0.25, 0.3) is 6.65 Å². The Bertz CT molecular complexity index is 245. The predicted octanol–water partition coefficient (Wildman–Crippen LogP) is 1.12. The van der Waals surface area contributed by atoms with Gasteiger partial charge in [-0.3, -0.25) is 4.57 Å². The Kier molecular flexibility index (Phi) is 4.70. The molecule has 2 aliphatic rings. The number of ether oxygens (including phenoxy) is 2. The third-order valence-electron chi connectivity index (χ3n) is 2.93. The molecular formula is C9H19N2O3PS. The van der Waals surface area contributed by atoms with Crippen LogP contribution in [0, 0.1) is 0 Å². The van der Waals surface area contributed by atoms with E-state index in [1.807, 2.05) is 6.26 Å². The van der Waals surface area contributed by atoms with E-state index in [2.05, 4.69) is 9.34 Å². The summed E-state index contributed by atoms with van der Waals surface area (Å²) in [4.78, 5) is 0. The number of nitrogens with zero attached hydrogens (tertiary/aromatic N) is 2. The summed E-state index contributed by atoms with van der Waals surface area (Å²) < 4.78 is 27.8. The lowest BCUT2D eigenvalue weighted by atomic mass is 10.5. The molecule has 2 heterocycles. The SMILES string of the molecule is CSP(=O)(N1CCOCC1)N1CCOCC1. The van der Waals surface area contributed by atoms with E-state index in [9.17, 15) is 4.57 Å². The molecule has 0 aromatic carbocycles. The monoisotopic (exact) mass is 266 g/mol. The average molecular weight is 266 g/mol. The van der Waals surface area contributed by atoms with E-state index in [0.717, 1.165) is 26.2 Å². The number of rotatable bonds is 3. The minimum absolute atomic E-state index is 0.689. The van der Waals surface area contributed by atoms with Crippen molar-refractivity contribution in [2.75, 3.05) is 58.9 Å². The van der Waals surface area contributed by atoms with E-state index in [-0.39, 0.29) is 0 Å². The quantitative estimate of drug-likeness (QED) is 0.713. The summed E-state index contributed by atoms with van der Waals surface area (Å²) in [7, 11) is 0. The lowest BCUT2D eigenvalue weighted by Gasteiger charge is -2.40. The van der Waals surface area contributed by atoms with Gasteiger partial charge in [-0.2, -0.15) is 0 Å². The van der Waals surface area contributed by atoms with Gasteiger partial charge in [0, 0.05) is 26.2 Å². The first-order valence-electron chi connectivity index (χ1n) is 5.59. The Labute approximate surface area is 101 Å². The van der Waals surface area contributed by atoms with Crippen molar-refractivity contribution in [3.05, 3.63) is 0 Å². The molecule has 0 radical (unpaired) electrons. The Morgan fingerprint density at radius 3 is 1.62 bits per heavy atom. The number of hydrogen-bond acceptors (Lipinski definition) is 4. The van der Waals surface area contributed by atoms with Crippen LogP contribution in [0.4, 0.5) is 0 Å². The molecule has 0 atom stereocenters. The topological polar surface area (TPSA) is 42.0 Å². The molecule has 0 amide bonds. The van der Waals surface area contributed by atoms with Crippen molar-refractivity contribution < 1.29 is 14.0 Å². The van der Waals surface area contributed by atoms with Crippen LogP contribution in [0.3, 0.4) is 0 Å². The van der Waals surface area contributed by atoms with E-state index in [4.69, 9.17) is 9.47 Å². The fourth-order valence-corrected chi connectivity index (χ4v) is 6.55. The van der Waals surface area contributed by atoms with Crippen molar-refractivity contribution >= 4 is 18.0 Å². The van der Waals surface area contributed by atoms with Crippen molar-refractivity contribution in [1.29, 1.82) is 0 Å². The van der Waals surface area contributed by atoms with Crippen LogP contribution in [0.25, 0.3) is 0 Å². The average Bonchev–Trinajstić information content (AvgIpc) is 2.40. The van der Waals surface area contributed by atoms with Crippen molar-refractivity contribution in [2.24, 2.45) is 0 Å². The van der Waals surface area contributed by atoms with Gasteiger partial charge < -0.3 is 9.47 Å². The second kappa shape index (κ2) is 5.85. The van der Waals surface area contributed by atoms with Crippen molar-refractivity contribution in [2.45, 2.75) is 0 Å². The Morgan fingerprint density at radius 1 is 0.938 bits per heavy atom. The lowest BCUT2D eigenvalue weighted by Crippen LogP contribution is -2.42. The van der Waals surface area contributed by atoms with Crippen LogP contribution in [0.1, 0.15) is 0 Å². The smallest absolute Gasteiger partial charge is 0.271 e. The molecule has 0 aliphatic carbocycles. The molecule has 0 bridgehead atoms. The molecule has 94 valence electrons. The molecule has 2 fully saturated rings. The maximum Gasteiger partial charge on any atom is 0.271 e. The molecule has 2 saturated heterocycles. The molecule has 0 spiro atoms. The van der Waals surface area contributed by atoms with Crippen molar-refractivity contribution in [1.82, 2.24) is 9.34 Å². The van der Waals surface area contributed by atoms with Gasteiger partial charge in [-0.15, -0.1) is 0 Å². The summed E-state index contributed by atoms with van der Waals surface area (Å²) >= 11 is 1.48. The second-order valence-corrected chi connectivity index (χ2v) is 8.81. The van der Waals surface area contributed by atoms with E-state index in [0.29, 0.717) is 26.4 Å². The molecule has 2 rings (SSSR count). The van der Waals surface area contributed by atoms with E-state index >= 15 is 0 Å². The molecule has 5 nitrogen and oxygen atoms in total. The van der Waals surface area contributed by atoms with Gasteiger partial charge in [0.15, 0.2) is 0 Å². The van der Waals surface area contributed by atoms with Gasteiger partial charge >= 0.3 is 0 Å². The summed E-state index contributed by atoms with van der Waals surface area (Å²) in [6.45, 7) is 3.42. The molecule has 16 heavy (non-hydrogen) atoms. The summed E-state index contributed by atoms with van der Waals surface area (Å²) in [6, 6.07) is 0. The van der Waals surface area contributed by atoms with Gasteiger partial charge in [0.1, 0.15) is 0 Å². The van der Waals surface area contributed by atoms with E-state index in [1.54, 1.807) is 0 Å². The highest BCUT2D eigenvalue weighted by Gasteiger charge is 2.38. The predicted molar refractivity (Wildman–Crippen MR) is 65.9 cm³/mol. The first-order chi connectivity index (χ1) is 7.77. The van der Waals surface area contributed by atoms with Gasteiger partial charge in [-0.1, -0.05) is 11.4 Å². The van der Waals surface area contributed by atoms with Crippen LogP contribution in [0.2, 0.25) is 0 Å². The Balaban J connectivity index is 2.06. The summed E-state index contributed by atoms with van der Waals surface area (Å²) in [6.07, 6.45) is 1.94. The summed E-state index contributed by atoms with van der Waals surface area (Å²) in [5.41, 5.74) is 0. The molecular weight excluding hydrogens is 247 g/mol. The van der Waals surface area contributed by atoms with Crippen LogP contribution < -0.4 is 0 Å². The van der Waals surface area contributed by atoms with E-state index in [1.165, 1.54) is 11.4 Å². The largest absolute Gasteiger partial charge is 0.379 e. The zero-order chi connectivity index (χ0) is 11.4. The van der Waals surface area contributed by atoms with Crippen LogP contribution in [-0.2, 0) is 14.0 Å². The first-order valence-corrected chi connectivity index (χ1v) is 9.04. The molecule has 2 aliphatic heterocycles. The lowest BCUT2D eigenvalue weighted by molar-refractivity contribution is 0.0549. The van der Waals surface area contributed by atoms with Crippen LogP contribution in [0.15, 0.2) is 0 Å². The number of morpholine rings is 2. The normalized spacial score (nSPS) is 25.8. The zero-order valence-electron chi connectivity index (χ0n) is 9.63. The highest BCUT2D eigenvalue weighted by Crippen LogP contribution is 2.63. The van der Waals surface area contributed by atoms with Gasteiger partial charge in [-0.05, 0) is 6.26 Å². The standard InChI is InChI=1S/C9H19N2O3PS/c1-16-15(12,10-2-6-13-7-3-10)11-4-8-14-9-5-11/h2-9H2,1H3. The minimum Gasteiger partial charge on any atom is -0.379 e. The summed E-state index contributed by atoms with van der Waals surface area (Å²) in [5, 5.41) is 0. The van der Waals surface area contributed by atoms with Crippen LogP contribution in [-0.4, -0.2) is 68.2 Å². The molecule has 0 N–H and O–H groups in total. The maximum atomic E-state index is 13.0. The van der Waals surface area contributed by atoms with Gasteiger partial charge in [0.05, 0.1) is 26.4 Å². The Hall–Kier alpha value is 0.420. The highest BCUT2D eigenvalue weighted by molar-refractivity contribution is 8.56. The molecule has 7 heteroatoms. The summed E-state index contributed by atoms with van der Waals surface area (Å²) in [5.74, 6) is 0. The first kappa shape index (κ1) is 12.9.